The Labute approximate surface area is 170 Å². The van der Waals surface area contributed by atoms with Crippen molar-refractivity contribution in [1.82, 2.24) is 4.98 Å². The molecule has 3 nitrogen and oxygen atoms in total. The van der Waals surface area contributed by atoms with Gasteiger partial charge < -0.3 is 27.1 Å². The maximum atomic E-state index is 9.67. The molecule has 0 aliphatic heterocycles. The first kappa shape index (κ1) is 19.2. The molecule has 0 aliphatic carbocycles. The number of aromatic amines is 1. The molecule has 2 aromatic heterocycles. The number of aromatic nitrogens is 2. The molecule has 4 heteroatoms. The maximum absolute atomic E-state index is 9.67. The number of phenols is 1. The van der Waals surface area contributed by atoms with E-state index in [0.717, 1.165) is 36.9 Å². The zero-order valence-corrected chi connectivity index (χ0v) is 16.7. The highest BCUT2D eigenvalue weighted by molar-refractivity contribution is 5.83. The summed E-state index contributed by atoms with van der Waals surface area (Å²) < 4.78 is 2.23. The lowest BCUT2D eigenvalue weighted by Crippen LogP contribution is -3.00. The number of phenolic OH excluding ortho intramolecular Hbond substituents is 1. The van der Waals surface area contributed by atoms with Gasteiger partial charge >= 0.3 is 0 Å². The van der Waals surface area contributed by atoms with Crippen LogP contribution in [0.1, 0.15) is 18.4 Å². The number of aryl methyl sites for hydroxylation is 2. The minimum absolute atomic E-state index is 0. The second-order valence-corrected chi connectivity index (χ2v) is 6.70. The van der Waals surface area contributed by atoms with E-state index in [1.54, 1.807) is 12.1 Å². The minimum atomic E-state index is 0. The lowest BCUT2D eigenvalue weighted by Gasteiger charge is -2.03. The van der Waals surface area contributed by atoms with E-state index in [9.17, 15) is 5.11 Å². The van der Waals surface area contributed by atoms with E-state index in [0.29, 0.717) is 5.75 Å². The normalized spacial score (nSPS) is 10.7. The molecule has 0 unspecified atom stereocenters. The van der Waals surface area contributed by atoms with Gasteiger partial charge in [-0.1, -0.05) is 30.3 Å². The number of pyridine rings is 1. The molecule has 0 radical (unpaired) electrons. The van der Waals surface area contributed by atoms with Gasteiger partial charge in [0.25, 0.3) is 0 Å². The first-order valence-electron chi connectivity index (χ1n) is 9.13. The Morgan fingerprint density at radius 3 is 2.63 bits per heavy atom. The van der Waals surface area contributed by atoms with Gasteiger partial charge in [0.05, 0.1) is 0 Å². The first-order chi connectivity index (χ1) is 12.8. The number of benzene rings is 2. The van der Waals surface area contributed by atoms with E-state index in [4.69, 9.17) is 0 Å². The lowest BCUT2D eigenvalue weighted by atomic mass is 10.1. The van der Waals surface area contributed by atoms with Crippen molar-refractivity contribution in [2.75, 3.05) is 0 Å². The fourth-order valence-corrected chi connectivity index (χ4v) is 3.47. The van der Waals surface area contributed by atoms with Crippen LogP contribution < -0.4 is 21.5 Å². The van der Waals surface area contributed by atoms with E-state index < -0.39 is 0 Å². The summed E-state index contributed by atoms with van der Waals surface area (Å²) >= 11 is 0. The number of H-pyrrole nitrogens is 1. The van der Waals surface area contributed by atoms with Crippen molar-refractivity contribution < 1.29 is 26.7 Å². The van der Waals surface area contributed by atoms with Crippen LogP contribution in [0, 0.1) is 0 Å². The lowest BCUT2D eigenvalue weighted by molar-refractivity contribution is -0.696. The SMILES string of the molecule is Oc1cccc(-c2ccc[n+](CCCCc3c[nH]c4ccccc34)c2)c1.[Br-]. The van der Waals surface area contributed by atoms with Crippen molar-refractivity contribution in [3.8, 4) is 16.9 Å². The Morgan fingerprint density at radius 1 is 0.889 bits per heavy atom. The largest absolute Gasteiger partial charge is 1.00 e. The van der Waals surface area contributed by atoms with Crippen LogP contribution >= 0.6 is 0 Å². The van der Waals surface area contributed by atoms with Crippen LogP contribution in [-0.2, 0) is 13.0 Å². The second-order valence-electron chi connectivity index (χ2n) is 6.70. The van der Waals surface area contributed by atoms with Crippen LogP contribution in [0.5, 0.6) is 5.75 Å². The van der Waals surface area contributed by atoms with Gasteiger partial charge in [-0.25, -0.2) is 4.57 Å². The van der Waals surface area contributed by atoms with Crippen molar-refractivity contribution in [3.05, 3.63) is 84.8 Å². The summed E-state index contributed by atoms with van der Waals surface area (Å²) in [6.07, 6.45) is 9.79. The first-order valence-corrected chi connectivity index (χ1v) is 9.13. The van der Waals surface area contributed by atoms with Gasteiger partial charge in [0.1, 0.15) is 12.3 Å². The summed E-state index contributed by atoms with van der Waals surface area (Å²) in [5.74, 6) is 0.302. The van der Waals surface area contributed by atoms with E-state index >= 15 is 0 Å². The second kappa shape index (κ2) is 8.87. The summed E-state index contributed by atoms with van der Waals surface area (Å²) in [7, 11) is 0. The van der Waals surface area contributed by atoms with Crippen LogP contribution in [0.4, 0.5) is 0 Å². The zero-order valence-electron chi connectivity index (χ0n) is 15.1. The van der Waals surface area contributed by atoms with Gasteiger partial charge in [-0.15, -0.1) is 0 Å². The number of para-hydroxylation sites is 1. The predicted molar refractivity (Wildman–Crippen MR) is 105 cm³/mol. The summed E-state index contributed by atoms with van der Waals surface area (Å²) in [6, 6.07) is 20.0. The third-order valence-electron chi connectivity index (χ3n) is 4.83. The third-order valence-corrected chi connectivity index (χ3v) is 4.83. The van der Waals surface area contributed by atoms with E-state index in [1.807, 2.05) is 12.1 Å². The topological polar surface area (TPSA) is 39.9 Å². The van der Waals surface area contributed by atoms with Crippen molar-refractivity contribution in [3.63, 3.8) is 0 Å². The Bertz CT molecular complexity index is 1030. The molecule has 0 saturated carbocycles. The number of hydrogen-bond donors (Lipinski definition) is 2. The summed E-state index contributed by atoms with van der Waals surface area (Å²) in [4.78, 5) is 3.35. The molecule has 2 heterocycles. The van der Waals surface area contributed by atoms with Gasteiger partial charge in [0.15, 0.2) is 12.4 Å². The van der Waals surface area contributed by atoms with Crippen LogP contribution in [0.3, 0.4) is 0 Å². The predicted octanol–water partition coefficient (Wildman–Crippen LogP) is 1.85. The van der Waals surface area contributed by atoms with Crippen molar-refractivity contribution in [1.29, 1.82) is 0 Å². The Morgan fingerprint density at radius 2 is 1.74 bits per heavy atom. The Kier molecular flexibility index (Phi) is 6.30. The smallest absolute Gasteiger partial charge is 0.176 e. The fourth-order valence-electron chi connectivity index (χ4n) is 3.47. The minimum Gasteiger partial charge on any atom is -1.00 e. The summed E-state index contributed by atoms with van der Waals surface area (Å²) in [5.41, 5.74) is 4.79. The van der Waals surface area contributed by atoms with E-state index in [-0.39, 0.29) is 17.0 Å². The molecule has 0 bridgehead atoms. The van der Waals surface area contributed by atoms with Crippen LogP contribution in [0.15, 0.2) is 79.3 Å². The number of nitrogens with one attached hydrogen (secondary N) is 1. The molecule has 4 rings (SSSR count). The average Bonchev–Trinajstić information content (AvgIpc) is 3.09. The number of halogens is 1. The number of nitrogens with zero attached hydrogens (tertiary/aromatic N) is 1. The van der Waals surface area contributed by atoms with E-state index in [1.165, 1.54) is 16.5 Å². The number of aromatic hydroxyl groups is 1. The van der Waals surface area contributed by atoms with Gasteiger partial charge in [-0.05, 0) is 48.2 Å². The molecule has 138 valence electrons. The van der Waals surface area contributed by atoms with Crippen molar-refractivity contribution in [2.24, 2.45) is 0 Å². The fraction of sp³-hybridized carbons (Fsp3) is 0.174. The molecule has 0 aliphatic rings. The molecule has 2 N–H and O–H groups in total. The number of fused-ring (bicyclic) bond motifs is 1. The Hall–Kier alpha value is -2.59. The molecule has 0 amide bonds. The van der Waals surface area contributed by atoms with Crippen molar-refractivity contribution >= 4 is 10.9 Å². The molecule has 27 heavy (non-hydrogen) atoms. The monoisotopic (exact) mass is 422 g/mol. The van der Waals surface area contributed by atoms with Gasteiger partial charge in [-0.3, -0.25) is 0 Å². The molecule has 4 aromatic rings. The molecular weight excluding hydrogens is 400 g/mol. The van der Waals surface area contributed by atoms with Crippen LogP contribution in [0.25, 0.3) is 22.0 Å². The van der Waals surface area contributed by atoms with Gasteiger partial charge in [-0.2, -0.15) is 0 Å². The van der Waals surface area contributed by atoms with Crippen molar-refractivity contribution in [2.45, 2.75) is 25.8 Å². The molecule has 0 fully saturated rings. The van der Waals surface area contributed by atoms with E-state index in [2.05, 4.69) is 64.5 Å². The molecule has 0 atom stereocenters. The number of unbranched alkanes of at least 4 members (excludes halogenated alkanes) is 1. The van der Waals surface area contributed by atoms with Crippen LogP contribution in [-0.4, -0.2) is 10.1 Å². The summed E-state index contributed by atoms with van der Waals surface area (Å²) in [6.45, 7) is 0.995. The third kappa shape index (κ3) is 4.58. The Balaban J connectivity index is 0.00000210. The zero-order chi connectivity index (χ0) is 17.8. The average molecular weight is 423 g/mol. The molecule has 0 spiro atoms. The highest BCUT2D eigenvalue weighted by atomic mass is 79.9. The van der Waals surface area contributed by atoms with Gasteiger partial charge in [0.2, 0.25) is 0 Å². The number of hydrogen-bond acceptors (Lipinski definition) is 1. The summed E-state index contributed by atoms with van der Waals surface area (Å²) in [5, 5.41) is 11.0. The van der Waals surface area contributed by atoms with Crippen LogP contribution in [0.2, 0.25) is 0 Å². The van der Waals surface area contributed by atoms with Gasteiger partial charge in [0, 0.05) is 35.2 Å². The molecule has 2 aromatic carbocycles. The highest BCUT2D eigenvalue weighted by Crippen LogP contribution is 2.22. The maximum Gasteiger partial charge on any atom is 0.176 e. The standard InChI is InChI=1S/C23H22N2O.BrH/c26-21-10-5-8-18(15-21)20-9-6-14-25(17-20)13-4-3-7-19-16-24-23-12-2-1-11-22(19)23;/h1-2,5-6,8-12,14-17,24H,3-4,7,13H2;1H. The quantitative estimate of drug-likeness (QED) is 0.361. The molecule has 0 saturated heterocycles. The number of rotatable bonds is 6. The highest BCUT2D eigenvalue weighted by Gasteiger charge is 2.07. The molecular formula is C23H23BrN2O.